The Morgan fingerprint density at radius 3 is 2.67 bits per heavy atom. The van der Waals surface area contributed by atoms with Gasteiger partial charge in [0, 0.05) is 34.9 Å². The van der Waals surface area contributed by atoms with Gasteiger partial charge in [0.15, 0.2) is 0 Å². The van der Waals surface area contributed by atoms with Crippen LogP contribution in [0, 0.1) is 0 Å². The van der Waals surface area contributed by atoms with E-state index in [2.05, 4.69) is 20.4 Å². The summed E-state index contributed by atoms with van der Waals surface area (Å²) in [6.07, 6.45) is 3.36. The van der Waals surface area contributed by atoms with Gasteiger partial charge in [0.1, 0.15) is 5.54 Å². The first-order valence-electron chi connectivity index (χ1n) is 9.16. The molecule has 1 spiro atoms. The molecule has 3 heterocycles. The predicted octanol–water partition coefficient (Wildman–Crippen LogP) is 3.15. The number of para-hydroxylation sites is 1. The van der Waals surface area contributed by atoms with Gasteiger partial charge in [-0.3, -0.25) is 20.1 Å². The van der Waals surface area contributed by atoms with E-state index in [9.17, 15) is 4.79 Å². The molecule has 0 radical (unpaired) electrons. The van der Waals surface area contributed by atoms with Gasteiger partial charge in [-0.15, -0.1) is 0 Å². The molecule has 2 N–H and O–H groups in total. The molecule has 27 heavy (non-hydrogen) atoms. The van der Waals surface area contributed by atoms with Gasteiger partial charge >= 0.3 is 0 Å². The van der Waals surface area contributed by atoms with Crippen molar-refractivity contribution in [3.63, 3.8) is 0 Å². The van der Waals surface area contributed by atoms with Crippen LogP contribution in [0.15, 0.2) is 48.7 Å². The first-order chi connectivity index (χ1) is 13.2. The number of aromatic amines is 1. The summed E-state index contributed by atoms with van der Waals surface area (Å²) in [7, 11) is 0. The van der Waals surface area contributed by atoms with Crippen LogP contribution in [0.4, 0.5) is 11.4 Å². The number of benzene rings is 2. The second-order valence-electron chi connectivity index (χ2n) is 7.23. The zero-order valence-corrected chi connectivity index (χ0v) is 15.5. The highest BCUT2D eigenvalue weighted by molar-refractivity contribution is 6.31. The summed E-state index contributed by atoms with van der Waals surface area (Å²) in [5.74, 6) is 0.174. The largest absolute Gasteiger partial charge is 0.371 e. The lowest BCUT2D eigenvalue weighted by atomic mass is 9.87. The molecule has 2 aliphatic heterocycles. The number of nitrogens with one attached hydrogen (secondary N) is 2. The molecule has 7 heteroatoms. The SMILES string of the molecule is O=C1N(c2ccccc2)CNC12CCN(c1cc(Cl)cc3[nH]ncc13)CC2. The van der Waals surface area contributed by atoms with Gasteiger partial charge in [0.2, 0.25) is 5.91 Å². The van der Waals surface area contributed by atoms with E-state index < -0.39 is 5.54 Å². The molecule has 0 unspecified atom stereocenters. The summed E-state index contributed by atoms with van der Waals surface area (Å²) in [4.78, 5) is 17.3. The number of piperidine rings is 1. The third-order valence-electron chi connectivity index (χ3n) is 5.76. The quantitative estimate of drug-likeness (QED) is 0.715. The molecule has 2 saturated heterocycles. The van der Waals surface area contributed by atoms with E-state index >= 15 is 0 Å². The summed E-state index contributed by atoms with van der Waals surface area (Å²) in [5.41, 5.74) is 2.49. The van der Waals surface area contributed by atoms with E-state index in [4.69, 9.17) is 11.6 Å². The number of halogens is 1. The Labute approximate surface area is 162 Å². The Morgan fingerprint density at radius 1 is 1.11 bits per heavy atom. The molecule has 5 rings (SSSR count). The summed E-state index contributed by atoms with van der Waals surface area (Å²) in [6.45, 7) is 2.15. The number of rotatable bonds is 2. The average Bonchev–Trinajstić information content (AvgIpc) is 3.28. The van der Waals surface area contributed by atoms with Gasteiger partial charge in [0.05, 0.1) is 18.4 Å². The fourth-order valence-electron chi connectivity index (χ4n) is 4.23. The zero-order valence-electron chi connectivity index (χ0n) is 14.8. The highest BCUT2D eigenvalue weighted by Crippen LogP contribution is 2.36. The van der Waals surface area contributed by atoms with E-state index in [0.29, 0.717) is 11.7 Å². The van der Waals surface area contributed by atoms with Crippen molar-refractivity contribution in [1.82, 2.24) is 15.5 Å². The second kappa shape index (κ2) is 6.25. The lowest BCUT2D eigenvalue weighted by molar-refractivity contribution is -0.122. The number of hydrogen-bond donors (Lipinski definition) is 2. The van der Waals surface area contributed by atoms with E-state index in [0.717, 1.165) is 48.2 Å². The maximum Gasteiger partial charge on any atom is 0.248 e. The average molecular weight is 382 g/mol. The third kappa shape index (κ3) is 2.67. The molecule has 0 aliphatic carbocycles. The van der Waals surface area contributed by atoms with E-state index in [1.165, 1.54) is 0 Å². The monoisotopic (exact) mass is 381 g/mol. The number of fused-ring (bicyclic) bond motifs is 1. The van der Waals surface area contributed by atoms with Crippen molar-refractivity contribution in [1.29, 1.82) is 0 Å². The molecule has 1 aromatic heterocycles. The van der Waals surface area contributed by atoms with E-state index in [1.807, 2.05) is 53.6 Å². The number of H-pyrrole nitrogens is 1. The van der Waals surface area contributed by atoms with Gasteiger partial charge in [0.25, 0.3) is 0 Å². The molecule has 2 aliphatic rings. The van der Waals surface area contributed by atoms with Gasteiger partial charge in [-0.05, 0) is 37.1 Å². The maximum absolute atomic E-state index is 13.2. The van der Waals surface area contributed by atoms with Crippen LogP contribution in [-0.4, -0.2) is 41.4 Å². The van der Waals surface area contributed by atoms with Crippen LogP contribution in [0.1, 0.15) is 12.8 Å². The molecular formula is C20H20ClN5O. The molecule has 138 valence electrons. The van der Waals surface area contributed by atoms with Crippen molar-refractivity contribution in [2.24, 2.45) is 0 Å². The van der Waals surface area contributed by atoms with Gasteiger partial charge < -0.3 is 4.90 Å². The molecule has 0 saturated carbocycles. The molecule has 0 bridgehead atoms. The molecule has 2 fully saturated rings. The van der Waals surface area contributed by atoms with Crippen LogP contribution in [-0.2, 0) is 4.79 Å². The van der Waals surface area contributed by atoms with Gasteiger partial charge in [-0.2, -0.15) is 5.10 Å². The normalized spacial score (nSPS) is 19.4. The van der Waals surface area contributed by atoms with Crippen LogP contribution >= 0.6 is 11.6 Å². The number of aromatic nitrogens is 2. The number of carbonyl (C=O) groups excluding carboxylic acids is 1. The number of anilines is 2. The Morgan fingerprint density at radius 2 is 1.89 bits per heavy atom. The van der Waals surface area contributed by atoms with Crippen molar-refractivity contribution in [2.45, 2.75) is 18.4 Å². The van der Waals surface area contributed by atoms with Crippen LogP contribution in [0.3, 0.4) is 0 Å². The Hall–Kier alpha value is -2.57. The Kier molecular flexibility index (Phi) is 3.84. The highest BCUT2D eigenvalue weighted by atomic mass is 35.5. The summed E-state index contributed by atoms with van der Waals surface area (Å²) >= 11 is 6.28. The second-order valence-corrected chi connectivity index (χ2v) is 7.67. The highest BCUT2D eigenvalue weighted by Gasteiger charge is 2.48. The summed E-state index contributed by atoms with van der Waals surface area (Å²) < 4.78 is 0. The predicted molar refractivity (Wildman–Crippen MR) is 107 cm³/mol. The first-order valence-corrected chi connectivity index (χ1v) is 9.54. The molecule has 3 aromatic rings. The fourth-order valence-corrected chi connectivity index (χ4v) is 4.44. The molecular weight excluding hydrogens is 362 g/mol. The lowest BCUT2D eigenvalue weighted by Gasteiger charge is -2.39. The van der Waals surface area contributed by atoms with Crippen molar-refractivity contribution in [2.75, 3.05) is 29.6 Å². The van der Waals surface area contributed by atoms with Crippen LogP contribution in [0.2, 0.25) is 5.02 Å². The van der Waals surface area contributed by atoms with Crippen LogP contribution in [0.25, 0.3) is 10.9 Å². The topological polar surface area (TPSA) is 64.3 Å². The molecule has 0 atom stereocenters. The Bertz CT molecular complexity index is 994. The smallest absolute Gasteiger partial charge is 0.248 e. The lowest BCUT2D eigenvalue weighted by Crippen LogP contribution is -2.54. The van der Waals surface area contributed by atoms with Crippen LogP contribution in [0.5, 0.6) is 0 Å². The first kappa shape index (κ1) is 16.6. The zero-order chi connectivity index (χ0) is 18.4. The van der Waals surface area contributed by atoms with Crippen molar-refractivity contribution in [3.8, 4) is 0 Å². The molecule has 2 aromatic carbocycles. The minimum absolute atomic E-state index is 0.174. The number of carbonyl (C=O) groups is 1. The standard InChI is InChI=1S/C20H20ClN5O/c21-14-10-17-16(12-23-24-17)18(11-14)25-8-6-20(7-9-25)19(27)26(13-22-20)15-4-2-1-3-5-15/h1-5,10-12,22H,6-9,13H2,(H,23,24). The summed E-state index contributed by atoms with van der Waals surface area (Å²) in [5, 5.41) is 12.4. The third-order valence-corrected chi connectivity index (χ3v) is 5.98. The molecule has 6 nitrogen and oxygen atoms in total. The number of nitrogens with zero attached hydrogens (tertiary/aromatic N) is 3. The minimum atomic E-state index is -0.472. The summed E-state index contributed by atoms with van der Waals surface area (Å²) in [6, 6.07) is 13.7. The van der Waals surface area contributed by atoms with Gasteiger partial charge in [-0.1, -0.05) is 29.8 Å². The number of hydrogen-bond acceptors (Lipinski definition) is 4. The molecule has 1 amide bonds. The maximum atomic E-state index is 13.2. The number of amides is 1. The van der Waals surface area contributed by atoms with E-state index in [-0.39, 0.29) is 5.91 Å². The minimum Gasteiger partial charge on any atom is -0.371 e. The fraction of sp³-hybridized carbons (Fsp3) is 0.300. The van der Waals surface area contributed by atoms with Crippen molar-refractivity contribution < 1.29 is 4.79 Å². The Balaban J connectivity index is 1.37. The van der Waals surface area contributed by atoms with Crippen LogP contribution < -0.4 is 15.1 Å². The van der Waals surface area contributed by atoms with Gasteiger partial charge in [-0.25, -0.2) is 0 Å². The van der Waals surface area contributed by atoms with Crippen molar-refractivity contribution >= 4 is 39.8 Å². The van der Waals surface area contributed by atoms with Crippen molar-refractivity contribution in [3.05, 3.63) is 53.7 Å². The van der Waals surface area contributed by atoms with E-state index in [1.54, 1.807) is 0 Å².